The van der Waals surface area contributed by atoms with Gasteiger partial charge in [0.25, 0.3) is 0 Å². The summed E-state index contributed by atoms with van der Waals surface area (Å²) in [7, 11) is 0. The summed E-state index contributed by atoms with van der Waals surface area (Å²) in [6.07, 6.45) is 2.71. The Kier molecular flexibility index (Phi) is 4.58. The number of likely N-dealkylation sites (tertiary alicyclic amines) is 1. The van der Waals surface area contributed by atoms with Gasteiger partial charge in [0, 0.05) is 18.1 Å². The molecule has 5 heteroatoms. The van der Waals surface area contributed by atoms with Gasteiger partial charge in [0.05, 0.1) is 18.6 Å². The first-order valence-corrected chi connectivity index (χ1v) is 7.74. The van der Waals surface area contributed by atoms with Gasteiger partial charge in [-0.25, -0.2) is 4.98 Å². The van der Waals surface area contributed by atoms with Gasteiger partial charge in [0.15, 0.2) is 0 Å². The smallest absolute Gasteiger partial charge is 0.313 e. The summed E-state index contributed by atoms with van der Waals surface area (Å²) in [5, 5.41) is 3.11. The third-order valence-electron chi connectivity index (χ3n) is 4.01. The van der Waals surface area contributed by atoms with Gasteiger partial charge in [0.1, 0.15) is 5.01 Å². The molecular weight excluding hydrogens is 260 g/mol. The molecule has 1 aliphatic heterocycles. The standard InChI is InChI=1S/C14H22N2O2S/c1-4-18-13(17)14(11(2)3)5-7-16(10-14)9-12-15-6-8-19-12/h6,8,11H,4-5,7,9-10H2,1-3H3/t14-/m0/s1. The largest absolute Gasteiger partial charge is 0.466 e. The van der Waals surface area contributed by atoms with Gasteiger partial charge in [0.2, 0.25) is 0 Å². The second-order valence-corrected chi connectivity index (χ2v) is 6.40. The Bertz CT molecular complexity index is 419. The van der Waals surface area contributed by atoms with Crippen molar-refractivity contribution < 1.29 is 9.53 Å². The molecule has 19 heavy (non-hydrogen) atoms. The van der Waals surface area contributed by atoms with Crippen molar-refractivity contribution in [2.24, 2.45) is 11.3 Å². The summed E-state index contributed by atoms with van der Waals surface area (Å²) in [4.78, 5) is 18.9. The molecule has 0 spiro atoms. The van der Waals surface area contributed by atoms with E-state index in [4.69, 9.17) is 4.74 Å². The molecule has 2 heterocycles. The lowest BCUT2D eigenvalue weighted by Gasteiger charge is -2.30. The zero-order valence-corrected chi connectivity index (χ0v) is 12.7. The Hall–Kier alpha value is -0.940. The zero-order chi connectivity index (χ0) is 13.9. The minimum atomic E-state index is -0.340. The van der Waals surface area contributed by atoms with Crippen molar-refractivity contribution in [3.63, 3.8) is 0 Å². The van der Waals surface area contributed by atoms with E-state index in [1.807, 2.05) is 18.5 Å². The number of thiazole rings is 1. The van der Waals surface area contributed by atoms with Crippen LogP contribution in [0.15, 0.2) is 11.6 Å². The number of nitrogens with zero attached hydrogens (tertiary/aromatic N) is 2. The van der Waals surface area contributed by atoms with E-state index in [1.54, 1.807) is 11.3 Å². The van der Waals surface area contributed by atoms with Crippen molar-refractivity contribution in [3.8, 4) is 0 Å². The number of hydrogen-bond donors (Lipinski definition) is 0. The Morgan fingerprint density at radius 2 is 2.42 bits per heavy atom. The maximum absolute atomic E-state index is 12.3. The second kappa shape index (κ2) is 6.01. The van der Waals surface area contributed by atoms with Crippen LogP contribution in [-0.4, -0.2) is 35.5 Å². The summed E-state index contributed by atoms with van der Waals surface area (Å²) in [6.45, 7) is 9.12. The van der Waals surface area contributed by atoms with Gasteiger partial charge >= 0.3 is 5.97 Å². The lowest BCUT2D eigenvalue weighted by molar-refractivity contribution is -0.157. The normalized spacial score (nSPS) is 24.0. The quantitative estimate of drug-likeness (QED) is 0.778. The molecule has 1 aromatic rings. The maximum atomic E-state index is 12.3. The Balaban J connectivity index is 2.05. The van der Waals surface area contributed by atoms with Gasteiger partial charge in [-0.3, -0.25) is 9.69 Å². The van der Waals surface area contributed by atoms with Crippen LogP contribution in [0.1, 0.15) is 32.2 Å². The molecule has 1 atom stereocenters. The maximum Gasteiger partial charge on any atom is 0.313 e. The predicted octanol–water partition coefficient (Wildman–Crippen LogP) is 2.55. The SMILES string of the molecule is CCOC(=O)[C@@]1(C(C)C)CCN(Cc2nccs2)C1. The van der Waals surface area contributed by atoms with E-state index in [0.717, 1.165) is 31.1 Å². The molecule has 0 saturated carbocycles. The topological polar surface area (TPSA) is 42.4 Å². The highest BCUT2D eigenvalue weighted by Crippen LogP contribution is 2.39. The molecule has 1 fully saturated rings. The number of esters is 1. The molecule has 0 unspecified atom stereocenters. The van der Waals surface area contributed by atoms with Crippen molar-refractivity contribution in [2.45, 2.75) is 33.7 Å². The zero-order valence-electron chi connectivity index (χ0n) is 11.9. The van der Waals surface area contributed by atoms with Crippen LogP contribution in [0.2, 0.25) is 0 Å². The summed E-state index contributed by atoms with van der Waals surface area (Å²) in [5.74, 6) is 0.263. The highest BCUT2D eigenvalue weighted by molar-refractivity contribution is 7.09. The molecule has 1 aromatic heterocycles. The summed E-state index contributed by atoms with van der Waals surface area (Å²) in [5.41, 5.74) is -0.340. The molecule has 4 nitrogen and oxygen atoms in total. The number of carbonyl (C=O) groups excluding carboxylic acids is 1. The molecule has 1 aliphatic rings. The average molecular weight is 282 g/mol. The van der Waals surface area contributed by atoms with Gasteiger partial charge in [-0.05, 0) is 25.8 Å². The van der Waals surface area contributed by atoms with Crippen LogP contribution < -0.4 is 0 Å². The fourth-order valence-electron chi connectivity index (χ4n) is 2.72. The van der Waals surface area contributed by atoms with Gasteiger partial charge < -0.3 is 4.74 Å². The number of carbonyl (C=O) groups is 1. The van der Waals surface area contributed by atoms with Gasteiger partial charge in [-0.2, -0.15) is 0 Å². The van der Waals surface area contributed by atoms with Crippen molar-refractivity contribution in [3.05, 3.63) is 16.6 Å². The minimum absolute atomic E-state index is 0.0355. The molecule has 1 saturated heterocycles. The third-order valence-corrected chi connectivity index (χ3v) is 4.77. The first kappa shape index (κ1) is 14.5. The Morgan fingerprint density at radius 3 is 3.00 bits per heavy atom. The van der Waals surface area contributed by atoms with E-state index in [-0.39, 0.29) is 11.4 Å². The fourth-order valence-corrected chi connectivity index (χ4v) is 3.38. The number of ether oxygens (including phenoxy) is 1. The Labute approximate surface area is 118 Å². The van der Waals surface area contributed by atoms with Crippen molar-refractivity contribution in [1.82, 2.24) is 9.88 Å². The van der Waals surface area contributed by atoms with Crippen molar-refractivity contribution >= 4 is 17.3 Å². The summed E-state index contributed by atoms with van der Waals surface area (Å²) >= 11 is 1.67. The molecule has 0 radical (unpaired) electrons. The predicted molar refractivity (Wildman–Crippen MR) is 75.9 cm³/mol. The van der Waals surface area contributed by atoms with E-state index in [1.165, 1.54) is 0 Å². The highest BCUT2D eigenvalue weighted by Gasteiger charge is 2.48. The third kappa shape index (κ3) is 2.98. The minimum Gasteiger partial charge on any atom is -0.466 e. The van der Waals surface area contributed by atoms with Crippen LogP contribution in [-0.2, 0) is 16.1 Å². The lowest BCUT2D eigenvalue weighted by Crippen LogP contribution is -2.40. The average Bonchev–Trinajstić information content (AvgIpc) is 3.00. The molecule has 106 valence electrons. The van der Waals surface area contributed by atoms with Crippen molar-refractivity contribution in [1.29, 1.82) is 0 Å². The molecule has 0 amide bonds. The van der Waals surface area contributed by atoms with Crippen LogP contribution in [0.25, 0.3) is 0 Å². The molecule has 0 N–H and O–H groups in total. The van der Waals surface area contributed by atoms with Gasteiger partial charge in [-0.1, -0.05) is 13.8 Å². The number of hydrogen-bond acceptors (Lipinski definition) is 5. The summed E-state index contributed by atoms with van der Waals surface area (Å²) < 4.78 is 5.30. The second-order valence-electron chi connectivity index (χ2n) is 5.42. The van der Waals surface area contributed by atoms with Gasteiger partial charge in [-0.15, -0.1) is 11.3 Å². The van der Waals surface area contributed by atoms with E-state index in [0.29, 0.717) is 12.5 Å². The molecular formula is C14H22N2O2S. The van der Waals surface area contributed by atoms with E-state index in [9.17, 15) is 4.79 Å². The monoisotopic (exact) mass is 282 g/mol. The Morgan fingerprint density at radius 1 is 1.63 bits per heavy atom. The van der Waals surface area contributed by atoms with Crippen molar-refractivity contribution in [2.75, 3.05) is 19.7 Å². The first-order valence-electron chi connectivity index (χ1n) is 6.86. The first-order chi connectivity index (χ1) is 9.08. The lowest BCUT2D eigenvalue weighted by atomic mass is 9.76. The van der Waals surface area contributed by atoms with E-state index in [2.05, 4.69) is 23.7 Å². The molecule has 0 aliphatic carbocycles. The van der Waals surface area contributed by atoms with Crippen LogP contribution >= 0.6 is 11.3 Å². The van der Waals surface area contributed by atoms with Crippen LogP contribution in [0, 0.1) is 11.3 Å². The van der Waals surface area contributed by atoms with Crippen LogP contribution in [0.3, 0.4) is 0 Å². The summed E-state index contributed by atoms with van der Waals surface area (Å²) in [6, 6.07) is 0. The van der Waals surface area contributed by atoms with E-state index >= 15 is 0 Å². The van der Waals surface area contributed by atoms with Crippen LogP contribution in [0.4, 0.5) is 0 Å². The number of rotatable bonds is 5. The molecule has 0 aromatic carbocycles. The number of aromatic nitrogens is 1. The van der Waals surface area contributed by atoms with Crippen LogP contribution in [0.5, 0.6) is 0 Å². The molecule has 0 bridgehead atoms. The fraction of sp³-hybridized carbons (Fsp3) is 0.714. The highest BCUT2D eigenvalue weighted by atomic mass is 32.1. The molecule has 2 rings (SSSR count). The van der Waals surface area contributed by atoms with E-state index < -0.39 is 0 Å².